The zero-order valence-electron chi connectivity index (χ0n) is 10.0. The van der Waals surface area contributed by atoms with Crippen molar-refractivity contribution < 1.29 is 9.90 Å². The molecule has 1 saturated heterocycles. The molecule has 1 heterocycles. The van der Waals surface area contributed by atoms with Gasteiger partial charge in [0.2, 0.25) is 0 Å². The van der Waals surface area contributed by atoms with E-state index >= 15 is 0 Å². The molecule has 4 heteroatoms. The fraction of sp³-hybridized carbons (Fsp3) is 0.462. The summed E-state index contributed by atoms with van der Waals surface area (Å²) in [5.41, 5.74) is 0.449. The van der Waals surface area contributed by atoms with E-state index in [2.05, 4.69) is 5.32 Å². The van der Waals surface area contributed by atoms with Crippen LogP contribution in [0.25, 0.3) is 0 Å². The molecular formula is C13H18N2O2. The number of hydrogen-bond donors (Lipinski definition) is 2. The number of rotatable bonds is 2. The van der Waals surface area contributed by atoms with Gasteiger partial charge in [-0.05, 0) is 18.4 Å². The Morgan fingerprint density at radius 2 is 2.18 bits per heavy atom. The molecular weight excluding hydrogens is 216 g/mol. The van der Waals surface area contributed by atoms with Crippen LogP contribution in [-0.4, -0.2) is 36.2 Å². The molecule has 1 fully saturated rings. The summed E-state index contributed by atoms with van der Waals surface area (Å²) in [5.74, 6) is 0. The lowest BCUT2D eigenvalue weighted by molar-refractivity contribution is 0.0835. The van der Waals surface area contributed by atoms with E-state index < -0.39 is 5.54 Å². The fourth-order valence-corrected chi connectivity index (χ4v) is 2.61. The summed E-state index contributed by atoms with van der Waals surface area (Å²) in [6.45, 7) is 0.652. The number of aliphatic hydroxyl groups is 1. The molecule has 0 spiro atoms. The average Bonchev–Trinajstić information content (AvgIpc) is 2.84. The molecule has 0 radical (unpaired) electrons. The van der Waals surface area contributed by atoms with Crippen LogP contribution in [0.4, 0.5) is 4.79 Å². The zero-order valence-corrected chi connectivity index (χ0v) is 10.0. The first-order valence-corrected chi connectivity index (χ1v) is 5.90. The highest BCUT2D eigenvalue weighted by atomic mass is 16.3. The number of urea groups is 1. The van der Waals surface area contributed by atoms with Gasteiger partial charge < -0.3 is 15.3 Å². The Labute approximate surface area is 101 Å². The minimum absolute atomic E-state index is 0.0373. The highest BCUT2D eigenvalue weighted by Gasteiger charge is 2.44. The van der Waals surface area contributed by atoms with E-state index in [9.17, 15) is 9.90 Å². The predicted octanol–water partition coefficient (Wildman–Crippen LogP) is 1.31. The second kappa shape index (κ2) is 4.75. The van der Waals surface area contributed by atoms with Gasteiger partial charge in [-0.15, -0.1) is 0 Å². The Balaban J connectivity index is 2.39. The first kappa shape index (κ1) is 11.9. The molecule has 1 unspecified atom stereocenters. The first-order valence-electron chi connectivity index (χ1n) is 5.90. The monoisotopic (exact) mass is 234 g/mol. The summed E-state index contributed by atoms with van der Waals surface area (Å²) in [4.78, 5) is 13.6. The molecule has 1 atom stereocenters. The average molecular weight is 234 g/mol. The normalized spacial score (nSPS) is 23.8. The van der Waals surface area contributed by atoms with Crippen molar-refractivity contribution in [2.75, 3.05) is 20.2 Å². The first-order chi connectivity index (χ1) is 8.24. The molecule has 1 aromatic carbocycles. The van der Waals surface area contributed by atoms with Crippen LogP contribution in [0, 0.1) is 0 Å². The molecule has 2 rings (SSSR count). The van der Waals surface area contributed by atoms with E-state index in [0.29, 0.717) is 6.54 Å². The third kappa shape index (κ3) is 1.89. The lowest BCUT2D eigenvalue weighted by atomic mass is 9.88. The summed E-state index contributed by atoms with van der Waals surface area (Å²) in [7, 11) is 1.62. The van der Waals surface area contributed by atoms with Crippen molar-refractivity contribution in [2.24, 2.45) is 0 Å². The van der Waals surface area contributed by atoms with Crippen molar-refractivity contribution in [1.29, 1.82) is 0 Å². The minimum Gasteiger partial charge on any atom is -0.394 e. The molecule has 92 valence electrons. The Morgan fingerprint density at radius 3 is 2.76 bits per heavy atom. The predicted molar refractivity (Wildman–Crippen MR) is 65.6 cm³/mol. The number of amides is 2. The largest absolute Gasteiger partial charge is 0.394 e. The molecule has 0 aliphatic carbocycles. The molecule has 1 aliphatic heterocycles. The van der Waals surface area contributed by atoms with Crippen molar-refractivity contribution in [2.45, 2.75) is 18.4 Å². The number of benzene rings is 1. The molecule has 0 aromatic heterocycles. The second-order valence-electron chi connectivity index (χ2n) is 4.37. The van der Waals surface area contributed by atoms with Crippen molar-refractivity contribution in [1.82, 2.24) is 10.2 Å². The van der Waals surface area contributed by atoms with Gasteiger partial charge in [-0.25, -0.2) is 4.79 Å². The van der Waals surface area contributed by atoms with Gasteiger partial charge in [0, 0.05) is 13.6 Å². The van der Waals surface area contributed by atoms with Crippen LogP contribution in [0.5, 0.6) is 0 Å². The lowest BCUT2D eigenvalue weighted by Crippen LogP contribution is -2.50. The zero-order chi connectivity index (χ0) is 12.3. The molecule has 1 aliphatic rings. The van der Waals surface area contributed by atoms with E-state index in [0.717, 1.165) is 18.4 Å². The van der Waals surface area contributed by atoms with Gasteiger partial charge in [-0.3, -0.25) is 0 Å². The second-order valence-corrected chi connectivity index (χ2v) is 4.37. The van der Waals surface area contributed by atoms with E-state index in [1.807, 2.05) is 30.3 Å². The molecule has 0 bridgehead atoms. The van der Waals surface area contributed by atoms with Crippen LogP contribution in [0.15, 0.2) is 30.3 Å². The summed E-state index contributed by atoms with van der Waals surface area (Å²) < 4.78 is 0. The number of aliphatic hydroxyl groups excluding tert-OH is 1. The Hall–Kier alpha value is -1.55. The maximum atomic E-state index is 11.9. The number of nitrogens with one attached hydrogen (secondary N) is 1. The van der Waals surface area contributed by atoms with Gasteiger partial charge in [-0.2, -0.15) is 0 Å². The SMILES string of the molecule is CNC(=O)N1CCCC1(CO)c1ccccc1. The number of likely N-dealkylation sites (tertiary alicyclic amines) is 1. The molecule has 0 saturated carbocycles. The van der Waals surface area contributed by atoms with Gasteiger partial charge in [0.15, 0.2) is 0 Å². The fourth-order valence-electron chi connectivity index (χ4n) is 2.61. The quantitative estimate of drug-likeness (QED) is 0.810. The van der Waals surface area contributed by atoms with E-state index in [4.69, 9.17) is 0 Å². The number of carbonyl (C=O) groups excluding carboxylic acids is 1. The standard InChI is InChI=1S/C13H18N2O2/c1-14-12(17)15-9-5-8-13(15,10-16)11-6-3-2-4-7-11/h2-4,6-7,16H,5,8-10H2,1H3,(H,14,17). The lowest BCUT2D eigenvalue weighted by Gasteiger charge is -2.37. The molecule has 4 nitrogen and oxygen atoms in total. The maximum absolute atomic E-state index is 11.9. The van der Waals surface area contributed by atoms with Gasteiger partial charge in [-0.1, -0.05) is 30.3 Å². The summed E-state index contributed by atoms with van der Waals surface area (Å²) in [6, 6.07) is 9.63. The van der Waals surface area contributed by atoms with Crippen LogP contribution in [-0.2, 0) is 5.54 Å². The van der Waals surface area contributed by atoms with Crippen molar-refractivity contribution in [3.63, 3.8) is 0 Å². The number of hydrogen-bond acceptors (Lipinski definition) is 2. The highest BCUT2D eigenvalue weighted by molar-refractivity contribution is 5.75. The summed E-state index contributed by atoms with van der Waals surface area (Å²) in [5, 5.41) is 12.4. The van der Waals surface area contributed by atoms with E-state index in [1.54, 1.807) is 11.9 Å². The summed E-state index contributed by atoms with van der Waals surface area (Å²) in [6.07, 6.45) is 1.73. The Bertz CT molecular complexity index is 394. The third-order valence-electron chi connectivity index (χ3n) is 3.52. The minimum atomic E-state index is -0.554. The smallest absolute Gasteiger partial charge is 0.317 e. The summed E-state index contributed by atoms with van der Waals surface area (Å²) >= 11 is 0. The molecule has 1 aromatic rings. The Kier molecular flexibility index (Phi) is 3.33. The topological polar surface area (TPSA) is 52.6 Å². The molecule has 2 N–H and O–H groups in total. The number of carbonyl (C=O) groups is 1. The van der Waals surface area contributed by atoms with Crippen molar-refractivity contribution in [3.8, 4) is 0 Å². The molecule has 17 heavy (non-hydrogen) atoms. The van der Waals surface area contributed by atoms with Crippen LogP contribution in [0.2, 0.25) is 0 Å². The van der Waals surface area contributed by atoms with Gasteiger partial charge in [0.1, 0.15) is 0 Å². The van der Waals surface area contributed by atoms with Gasteiger partial charge in [0.05, 0.1) is 12.1 Å². The van der Waals surface area contributed by atoms with Crippen LogP contribution >= 0.6 is 0 Å². The molecule has 2 amide bonds. The van der Waals surface area contributed by atoms with Crippen molar-refractivity contribution >= 4 is 6.03 Å². The maximum Gasteiger partial charge on any atom is 0.317 e. The van der Waals surface area contributed by atoms with E-state index in [-0.39, 0.29) is 12.6 Å². The Morgan fingerprint density at radius 1 is 1.47 bits per heavy atom. The third-order valence-corrected chi connectivity index (χ3v) is 3.52. The van der Waals surface area contributed by atoms with Crippen LogP contribution < -0.4 is 5.32 Å². The van der Waals surface area contributed by atoms with Crippen LogP contribution in [0.3, 0.4) is 0 Å². The highest BCUT2D eigenvalue weighted by Crippen LogP contribution is 2.38. The number of nitrogens with zero attached hydrogens (tertiary/aromatic N) is 1. The van der Waals surface area contributed by atoms with E-state index in [1.165, 1.54) is 0 Å². The van der Waals surface area contributed by atoms with Gasteiger partial charge >= 0.3 is 6.03 Å². The van der Waals surface area contributed by atoms with Gasteiger partial charge in [0.25, 0.3) is 0 Å². The van der Waals surface area contributed by atoms with Crippen molar-refractivity contribution in [3.05, 3.63) is 35.9 Å². The van der Waals surface area contributed by atoms with Crippen LogP contribution in [0.1, 0.15) is 18.4 Å².